The highest BCUT2D eigenvalue weighted by atomic mass is 16.5. The van der Waals surface area contributed by atoms with E-state index in [-0.39, 0.29) is 17.7 Å². The van der Waals surface area contributed by atoms with E-state index >= 15 is 0 Å². The monoisotopic (exact) mass is 354 g/mol. The minimum Gasteiger partial charge on any atom is -0.496 e. The molecule has 1 N–H and O–H groups in total. The Labute approximate surface area is 152 Å². The third-order valence-corrected chi connectivity index (χ3v) is 4.90. The molecule has 26 heavy (non-hydrogen) atoms. The van der Waals surface area contributed by atoms with E-state index < -0.39 is 5.97 Å². The zero-order chi connectivity index (χ0) is 18.7. The van der Waals surface area contributed by atoms with E-state index in [0.29, 0.717) is 30.8 Å². The van der Waals surface area contributed by atoms with Crippen LogP contribution in [-0.4, -0.2) is 47.1 Å². The molecular weight excluding hydrogens is 332 g/mol. The summed E-state index contributed by atoms with van der Waals surface area (Å²) in [5, 5.41) is 9.25. The maximum absolute atomic E-state index is 12.9. The van der Waals surface area contributed by atoms with Crippen LogP contribution in [0.5, 0.6) is 5.75 Å². The highest BCUT2D eigenvalue weighted by molar-refractivity contribution is 5.96. The molecule has 2 atom stereocenters. The third-order valence-electron chi connectivity index (χ3n) is 4.90. The number of benzene rings is 1. The summed E-state index contributed by atoms with van der Waals surface area (Å²) in [6, 6.07) is 10.9. The molecular formula is C20H22N2O4. The number of ether oxygens (including phenoxy) is 1. The number of pyridine rings is 1. The quantitative estimate of drug-likeness (QED) is 0.913. The third kappa shape index (κ3) is 3.54. The lowest BCUT2D eigenvalue weighted by atomic mass is 9.86. The Kier molecular flexibility index (Phi) is 5.21. The van der Waals surface area contributed by atoms with Crippen molar-refractivity contribution in [2.45, 2.75) is 13.3 Å². The van der Waals surface area contributed by atoms with Gasteiger partial charge >= 0.3 is 5.97 Å². The molecule has 6 heteroatoms. The minimum atomic E-state index is -0.786. The Bertz CT molecular complexity index is 807. The van der Waals surface area contributed by atoms with Gasteiger partial charge in [0.15, 0.2) is 0 Å². The van der Waals surface area contributed by atoms with Gasteiger partial charge in [0.1, 0.15) is 5.75 Å². The van der Waals surface area contributed by atoms with Crippen LogP contribution in [0, 0.1) is 11.8 Å². The van der Waals surface area contributed by atoms with Crippen molar-refractivity contribution in [3.05, 3.63) is 48.2 Å². The predicted octanol–water partition coefficient (Wildman–Crippen LogP) is 2.94. The number of piperidine rings is 1. The number of likely N-dealkylation sites (tertiary alicyclic amines) is 1. The number of carbonyl (C=O) groups excluding carboxylic acids is 1. The molecule has 1 aliphatic heterocycles. The van der Waals surface area contributed by atoms with Gasteiger partial charge in [0.2, 0.25) is 0 Å². The van der Waals surface area contributed by atoms with Crippen LogP contribution in [0.25, 0.3) is 11.3 Å². The van der Waals surface area contributed by atoms with Crippen molar-refractivity contribution in [3.8, 4) is 17.0 Å². The molecule has 2 heterocycles. The number of carbonyl (C=O) groups is 2. The van der Waals surface area contributed by atoms with Crippen LogP contribution >= 0.6 is 0 Å². The number of amides is 1. The van der Waals surface area contributed by atoms with Gasteiger partial charge in [0.05, 0.1) is 18.7 Å². The molecule has 1 amide bonds. The van der Waals surface area contributed by atoms with Crippen molar-refractivity contribution in [3.63, 3.8) is 0 Å². The minimum absolute atomic E-state index is 0.0706. The molecule has 2 aromatic rings. The Morgan fingerprint density at radius 3 is 2.69 bits per heavy atom. The number of aromatic nitrogens is 1. The molecule has 2 unspecified atom stereocenters. The average molecular weight is 354 g/mol. The predicted molar refractivity (Wildman–Crippen MR) is 97.0 cm³/mol. The van der Waals surface area contributed by atoms with Gasteiger partial charge in [-0.25, -0.2) is 0 Å². The Balaban J connectivity index is 1.86. The summed E-state index contributed by atoms with van der Waals surface area (Å²) in [4.78, 5) is 30.3. The molecule has 3 rings (SSSR count). The number of nitrogens with zero attached hydrogens (tertiary/aromatic N) is 2. The van der Waals surface area contributed by atoms with Gasteiger partial charge < -0.3 is 14.7 Å². The molecule has 0 saturated carbocycles. The van der Waals surface area contributed by atoms with E-state index in [2.05, 4.69) is 4.98 Å². The van der Waals surface area contributed by atoms with E-state index in [0.717, 1.165) is 11.3 Å². The van der Waals surface area contributed by atoms with E-state index in [4.69, 9.17) is 4.74 Å². The number of carboxylic acids is 1. The highest BCUT2D eigenvalue weighted by Gasteiger charge is 2.33. The lowest BCUT2D eigenvalue weighted by Gasteiger charge is -2.35. The molecule has 6 nitrogen and oxygen atoms in total. The number of hydrogen-bond donors (Lipinski definition) is 1. The molecule has 1 aromatic heterocycles. The van der Waals surface area contributed by atoms with Crippen LogP contribution in [0.1, 0.15) is 23.7 Å². The molecule has 0 radical (unpaired) electrons. The summed E-state index contributed by atoms with van der Waals surface area (Å²) in [6.07, 6.45) is 2.17. The van der Waals surface area contributed by atoms with Gasteiger partial charge in [-0.2, -0.15) is 0 Å². The first-order valence-electron chi connectivity index (χ1n) is 8.62. The molecule has 0 aliphatic carbocycles. The van der Waals surface area contributed by atoms with Crippen molar-refractivity contribution >= 4 is 11.9 Å². The Morgan fingerprint density at radius 1 is 1.27 bits per heavy atom. The van der Waals surface area contributed by atoms with Crippen molar-refractivity contribution in [1.29, 1.82) is 0 Å². The summed E-state index contributed by atoms with van der Waals surface area (Å²) >= 11 is 0. The number of carboxylic acid groups (broad SMARTS) is 1. The number of aliphatic carboxylic acids is 1. The lowest BCUT2D eigenvalue weighted by molar-refractivity contribution is -0.145. The summed E-state index contributed by atoms with van der Waals surface area (Å²) in [5.41, 5.74) is 2.04. The van der Waals surface area contributed by atoms with E-state index in [1.807, 2.05) is 25.1 Å². The van der Waals surface area contributed by atoms with Gasteiger partial charge in [-0.15, -0.1) is 0 Å². The summed E-state index contributed by atoms with van der Waals surface area (Å²) in [7, 11) is 1.58. The fourth-order valence-electron chi connectivity index (χ4n) is 3.44. The molecule has 1 aliphatic rings. The van der Waals surface area contributed by atoms with Gasteiger partial charge in [0.25, 0.3) is 5.91 Å². The topological polar surface area (TPSA) is 79.7 Å². The largest absolute Gasteiger partial charge is 0.496 e. The van der Waals surface area contributed by atoms with Crippen molar-refractivity contribution < 1.29 is 19.4 Å². The second-order valence-electron chi connectivity index (χ2n) is 6.59. The van der Waals surface area contributed by atoms with Crippen molar-refractivity contribution in [1.82, 2.24) is 9.88 Å². The molecule has 0 bridgehead atoms. The smallest absolute Gasteiger partial charge is 0.306 e. The van der Waals surface area contributed by atoms with Crippen LogP contribution in [-0.2, 0) is 4.79 Å². The summed E-state index contributed by atoms with van der Waals surface area (Å²) < 4.78 is 5.41. The molecule has 136 valence electrons. The summed E-state index contributed by atoms with van der Waals surface area (Å²) in [5.74, 6) is -0.692. The van der Waals surface area contributed by atoms with E-state index in [1.165, 1.54) is 0 Å². The average Bonchev–Trinajstić information content (AvgIpc) is 2.67. The summed E-state index contributed by atoms with van der Waals surface area (Å²) in [6.45, 7) is 2.78. The van der Waals surface area contributed by atoms with Crippen LogP contribution in [0.15, 0.2) is 42.6 Å². The van der Waals surface area contributed by atoms with Gasteiger partial charge in [-0.3, -0.25) is 14.6 Å². The molecule has 1 fully saturated rings. The normalized spacial score (nSPS) is 19.8. The first-order valence-corrected chi connectivity index (χ1v) is 8.62. The van der Waals surface area contributed by atoms with Crippen LogP contribution in [0.2, 0.25) is 0 Å². The van der Waals surface area contributed by atoms with Crippen LogP contribution < -0.4 is 4.74 Å². The first-order chi connectivity index (χ1) is 12.5. The SMILES string of the molecule is COc1ccc(C(=O)N2CCC(C(=O)O)C(C)C2)cc1-c1ccccn1. The number of rotatable bonds is 4. The lowest BCUT2D eigenvalue weighted by Crippen LogP contribution is -2.45. The van der Waals surface area contributed by atoms with E-state index in [1.54, 1.807) is 36.4 Å². The maximum atomic E-state index is 12.9. The Morgan fingerprint density at radius 2 is 2.08 bits per heavy atom. The first kappa shape index (κ1) is 17.9. The molecule has 1 saturated heterocycles. The second kappa shape index (κ2) is 7.56. The molecule has 0 spiro atoms. The standard InChI is InChI=1S/C20H22N2O4/c1-13-12-22(10-8-15(13)20(24)25)19(23)14-6-7-18(26-2)16(11-14)17-5-3-4-9-21-17/h3-7,9,11,13,15H,8,10,12H2,1-2H3,(H,24,25). The zero-order valence-corrected chi connectivity index (χ0v) is 14.9. The van der Waals surface area contributed by atoms with Crippen LogP contribution in [0.4, 0.5) is 0 Å². The van der Waals surface area contributed by atoms with Crippen molar-refractivity contribution in [2.75, 3.05) is 20.2 Å². The second-order valence-corrected chi connectivity index (χ2v) is 6.59. The fraction of sp³-hybridized carbons (Fsp3) is 0.350. The zero-order valence-electron chi connectivity index (χ0n) is 14.9. The van der Waals surface area contributed by atoms with Crippen LogP contribution in [0.3, 0.4) is 0 Å². The highest BCUT2D eigenvalue weighted by Crippen LogP contribution is 2.31. The number of methoxy groups -OCH3 is 1. The molecule has 1 aromatic carbocycles. The number of hydrogen-bond acceptors (Lipinski definition) is 4. The van der Waals surface area contributed by atoms with Crippen molar-refractivity contribution in [2.24, 2.45) is 11.8 Å². The fourth-order valence-corrected chi connectivity index (χ4v) is 3.44. The van der Waals surface area contributed by atoms with Gasteiger partial charge in [-0.1, -0.05) is 13.0 Å². The van der Waals surface area contributed by atoms with E-state index in [9.17, 15) is 14.7 Å². The van der Waals surface area contributed by atoms with Gasteiger partial charge in [0, 0.05) is 30.4 Å². The van der Waals surface area contributed by atoms with Gasteiger partial charge in [-0.05, 0) is 42.7 Å². The Hall–Kier alpha value is -2.89. The maximum Gasteiger partial charge on any atom is 0.306 e.